The maximum atomic E-state index is 11.6. The first-order valence-electron chi connectivity index (χ1n) is 7.56. The van der Waals surface area contributed by atoms with Crippen LogP contribution in [-0.2, 0) is 11.3 Å². The van der Waals surface area contributed by atoms with Gasteiger partial charge in [-0.2, -0.15) is 0 Å². The Morgan fingerprint density at radius 3 is 2.60 bits per heavy atom. The quantitative estimate of drug-likeness (QED) is 0.663. The SMILES string of the molecule is O=C(NCC#Cc1ccc2c(c1)C(=O)NC2=O)OCc1ccccc1. The molecule has 0 aliphatic carbocycles. The number of hydrogen-bond donors (Lipinski definition) is 2. The predicted molar refractivity (Wildman–Crippen MR) is 89.7 cm³/mol. The number of hydrogen-bond acceptors (Lipinski definition) is 4. The van der Waals surface area contributed by atoms with Crippen LogP contribution in [-0.4, -0.2) is 24.5 Å². The Morgan fingerprint density at radius 2 is 1.80 bits per heavy atom. The van der Waals surface area contributed by atoms with Crippen LogP contribution in [0.15, 0.2) is 48.5 Å². The van der Waals surface area contributed by atoms with E-state index in [0.29, 0.717) is 16.7 Å². The first-order chi connectivity index (χ1) is 12.1. The summed E-state index contributed by atoms with van der Waals surface area (Å²) in [5.41, 5.74) is 2.14. The molecule has 0 bridgehead atoms. The number of nitrogens with one attached hydrogen (secondary N) is 2. The lowest BCUT2D eigenvalue weighted by atomic mass is 10.1. The lowest BCUT2D eigenvalue weighted by Gasteiger charge is -2.04. The first-order valence-corrected chi connectivity index (χ1v) is 7.56. The number of alkyl carbamates (subject to hydrolysis) is 1. The van der Waals surface area contributed by atoms with Crippen molar-refractivity contribution in [3.05, 3.63) is 70.8 Å². The van der Waals surface area contributed by atoms with E-state index in [2.05, 4.69) is 22.5 Å². The number of carbonyl (C=O) groups excluding carboxylic acids is 3. The van der Waals surface area contributed by atoms with Crippen molar-refractivity contribution in [2.45, 2.75) is 6.61 Å². The van der Waals surface area contributed by atoms with E-state index in [9.17, 15) is 14.4 Å². The summed E-state index contributed by atoms with van der Waals surface area (Å²) in [6.45, 7) is 0.296. The second-order valence-corrected chi connectivity index (χ2v) is 5.26. The number of carbonyl (C=O) groups is 3. The second-order valence-electron chi connectivity index (χ2n) is 5.26. The van der Waals surface area contributed by atoms with Crippen molar-refractivity contribution in [3.63, 3.8) is 0 Å². The molecule has 0 saturated heterocycles. The molecule has 0 spiro atoms. The fraction of sp³-hybridized carbons (Fsp3) is 0.105. The zero-order valence-electron chi connectivity index (χ0n) is 13.2. The Balaban J connectivity index is 1.50. The topological polar surface area (TPSA) is 84.5 Å². The highest BCUT2D eigenvalue weighted by Gasteiger charge is 2.26. The van der Waals surface area contributed by atoms with E-state index in [0.717, 1.165) is 5.56 Å². The van der Waals surface area contributed by atoms with Gasteiger partial charge in [0.05, 0.1) is 17.7 Å². The lowest BCUT2D eigenvalue weighted by Crippen LogP contribution is -2.24. The van der Waals surface area contributed by atoms with Crippen LogP contribution >= 0.6 is 0 Å². The molecule has 6 heteroatoms. The van der Waals surface area contributed by atoms with Crippen molar-refractivity contribution in [2.24, 2.45) is 0 Å². The van der Waals surface area contributed by atoms with E-state index in [-0.39, 0.29) is 13.2 Å². The summed E-state index contributed by atoms with van der Waals surface area (Å²) in [7, 11) is 0. The molecular formula is C19H14N2O4. The molecule has 6 nitrogen and oxygen atoms in total. The number of fused-ring (bicyclic) bond motifs is 1. The standard InChI is InChI=1S/C19H14N2O4/c22-17-15-9-8-13(11-16(15)18(23)21-17)7-4-10-20-19(24)25-12-14-5-2-1-3-6-14/h1-3,5-6,8-9,11H,10,12H2,(H,20,24)(H,21,22,23). The molecule has 2 aromatic carbocycles. The zero-order chi connectivity index (χ0) is 17.6. The number of imide groups is 1. The smallest absolute Gasteiger partial charge is 0.408 e. The molecule has 1 heterocycles. The van der Waals surface area contributed by atoms with Gasteiger partial charge in [-0.1, -0.05) is 42.2 Å². The van der Waals surface area contributed by atoms with Crippen molar-refractivity contribution in [1.82, 2.24) is 10.6 Å². The largest absolute Gasteiger partial charge is 0.445 e. The molecule has 0 saturated carbocycles. The Morgan fingerprint density at radius 1 is 1.04 bits per heavy atom. The van der Waals surface area contributed by atoms with Crippen molar-refractivity contribution >= 4 is 17.9 Å². The van der Waals surface area contributed by atoms with Gasteiger partial charge in [0.25, 0.3) is 11.8 Å². The minimum Gasteiger partial charge on any atom is -0.445 e. The number of benzene rings is 2. The molecule has 2 N–H and O–H groups in total. The maximum absolute atomic E-state index is 11.6. The van der Waals surface area contributed by atoms with E-state index >= 15 is 0 Å². The Hall–Kier alpha value is -3.59. The van der Waals surface area contributed by atoms with Gasteiger partial charge in [-0.25, -0.2) is 4.79 Å². The fourth-order valence-corrected chi connectivity index (χ4v) is 2.28. The van der Waals surface area contributed by atoms with Gasteiger partial charge in [0, 0.05) is 5.56 Å². The third-order valence-corrected chi connectivity index (χ3v) is 3.50. The van der Waals surface area contributed by atoms with Crippen LogP contribution < -0.4 is 10.6 Å². The number of ether oxygens (including phenoxy) is 1. The summed E-state index contributed by atoms with van der Waals surface area (Å²) < 4.78 is 5.06. The van der Waals surface area contributed by atoms with Gasteiger partial charge in [-0.05, 0) is 23.8 Å². The molecule has 0 atom stereocenters. The monoisotopic (exact) mass is 334 g/mol. The maximum Gasteiger partial charge on any atom is 0.408 e. The second kappa shape index (κ2) is 7.32. The zero-order valence-corrected chi connectivity index (χ0v) is 13.2. The minimum absolute atomic E-state index is 0.107. The van der Waals surface area contributed by atoms with Crippen LogP contribution in [0.5, 0.6) is 0 Å². The van der Waals surface area contributed by atoms with Gasteiger partial charge in [0.15, 0.2) is 0 Å². The van der Waals surface area contributed by atoms with Crippen molar-refractivity contribution in [3.8, 4) is 11.8 Å². The first kappa shape index (κ1) is 16.3. The van der Waals surface area contributed by atoms with E-state index in [1.54, 1.807) is 18.2 Å². The van der Waals surface area contributed by atoms with Gasteiger partial charge < -0.3 is 10.1 Å². The molecule has 0 unspecified atom stereocenters. The molecule has 124 valence electrons. The summed E-state index contributed by atoms with van der Waals surface area (Å²) in [5, 5.41) is 4.74. The molecule has 0 aromatic heterocycles. The summed E-state index contributed by atoms with van der Waals surface area (Å²) in [6, 6.07) is 14.1. The highest BCUT2D eigenvalue weighted by atomic mass is 16.5. The highest BCUT2D eigenvalue weighted by molar-refractivity contribution is 6.21. The van der Waals surface area contributed by atoms with Crippen LogP contribution in [0.4, 0.5) is 4.79 Å². The van der Waals surface area contributed by atoms with Gasteiger partial charge in [0.2, 0.25) is 0 Å². The van der Waals surface area contributed by atoms with Crippen LogP contribution in [0, 0.1) is 11.8 Å². The third-order valence-electron chi connectivity index (χ3n) is 3.50. The molecule has 3 rings (SSSR count). The number of amides is 3. The lowest BCUT2D eigenvalue weighted by molar-refractivity contribution is 0.0879. The van der Waals surface area contributed by atoms with Crippen molar-refractivity contribution in [2.75, 3.05) is 6.54 Å². The fourth-order valence-electron chi connectivity index (χ4n) is 2.28. The van der Waals surface area contributed by atoms with Crippen LogP contribution in [0.2, 0.25) is 0 Å². The average Bonchev–Trinajstić information content (AvgIpc) is 2.91. The molecular weight excluding hydrogens is 320 g/mol. The summed E-state index contributed by atoms with van der Waals surface area (Å²) in [4.78, 5) is 34.6. The summed E-state index contributed by atoms with van der Waals surface area (Å²) in [5.74, 6) is 4.77. The van der Waals surface area contributed by atoms with Crippen molar-refractivity contribution < 1.29 is 19.1 Å². The Labute approximate surface area is 144 Å². The van der Waals surface area contributed by atoms with E-state index in [1.165, 1.54) is 0 Å². The molecule has 2 aromatic rings. The average molecular weight is 334 g/mol. The van der Waals surface area contributed by atoms with Gasteiger partial charge >= 0.3 is 6.09 Å². The Bertz CT molecular complexity index is 895. The van der Waals surface area contributed by atoms with Gasteiger partial charge in [-0.15, -0.1) is 0 Å². The molecule has 3 amide bonds. The highest BCUT2D eigenvalue weighted by Crippen LogP contribution is 2.16. The van der Waals surface area contributed by atoms with Crippen LogP contribution in [0.1, 0.15) is 31.8 Å². The summed E-state index contributed by atoms with van der Waals surface area (Å²) in [6.07, 6.45) is -0.558. The van der Waals surface area contributed by atoms with Gasteiger partial charge in [0.1, 0.15) is 6.61 Å². The molecule has 1 aliphatic rings. The van der Waals surface area contributed by atoms with E-state index < -0.39 is 17.9 Å². The molecule has 1 aliphatic heterocycles. The van der Waals surface area contributed by atoms with Crippen LogP contribution in [0.3, 0.4) is 0 Å². The van der Waals surface area contributed by atoms with Gasteiger partial charge in [-0.3, -0.25) is 14.9 Å². The van der Waals surface area contributed by atoms with E-state index in [1.807, 2.05) is 30.3 Å². The predicted octanol–water partition coefficient (Wildman–Crippen LogP) is 1.85. The Kier molecular flexibility index (Phi) is 4.77. The number of rotatable bonds is 3. The normalized spacial score (nSPS) is 11.8. The van der Waals surface area contributed by atoms with Crippen LogP contribution in [0.25, 0.3) is 0 Å². The molecule has 0 radical (unpaired) electrons. The van der Waals surface area contributed by atoms with Crippen molar-refractivity contribution in [1.29, 1.82) is 0 Å². The third kappa shape index (κ3) is 4.03. The molecule has 0 fully saturated rings. The minimum atomic E-state index is -0.558. The molecule has 25 heavy (non-hydrogen) atoms. The summed E-state index contributed by atoms with van der Waals surface area (Å²) >= 11 is 0. The van der Waals surface area contributed by atoms with E-state index in [4.69, 9.17) is 4.74 Å².